The fourth-order valence-corrected chi connectivity index (χ4v) is 5.51. The maximum absolute atomic E-state index is 11.4. The van der Waals surface area contributed by atoms with Crippen molar-refractivity contribution in [3.8, 4) is 5.75 Å². The van der Waals surface area contributed by atoms with E-state index in [0.29, 0.717) is 17.6 Å². The van der Waals surface area contributed by atoms with Crippen molar-refractivity contribution in [1.82, 2.24) is 0 Å². The summed E-state index contributed by atoms with van der Waals surface area (Å²) >= 11 is 0. The first kappa shape index (κ1) is 17.3. The Morgan fingerprint density at radius 1 is 1.19 bits per heavy atom. The number of benzene rings is 1. The van der Waals surface area contributed by atoms with Crippen LogP contribution in [0, 0.1) is 17.3 Å². The van der Waals surface area contributed by atoms with Gasteiger partial charge in [-0.25, -0.2) is 0 Å². The molecular weight excluding hydrogens is 328 g/mol. The van der Waals surface area contributed by atoms with Crippen LogP contribution in [0.3, 0.4) is 0 Å². The molecule has 4 heteroatoms. The monoisotopic (exact) mass is 354 g/mol. The van der Waals surface area contributed by atoms with Gasteiger partial charge in [0, 0.05) is 13.8 Å². The Kier molecular flexibility index (Phi) is 4.17. The van der Waals surface area contributed by atoms with Crippen LogP contribution in [-0.4, -0.2) is 18.0 Å². The quantitative estimate of drug-likeness (QED) is 0.587. The lowest BCUT2D eigenvalue weighted by Gasteiger charge is -2.44. The molecule has 4 nitrogen and oxygen atoms in total. The average Bonchev–Trinajstić information content (AvgIpc) is 2.89. The molecule has 4 rings (SSSR count). The van der Waals surface area contributed by atoms with Gasteiger partial charge in [0.1, 0.15) is 11.9 Å². The van der Waals surface area contributed by atoms with Crippen LogP contribution in [0.25, 0.3) is 5.57 Å². The van der Waals surface area contributed by atoms with Crippen molar-refractivity contribution in [3.05, 3.63) is 35.4 Å². The summed E-state index contributed by atoms with van der Waals surface area (Å²) in [5.41, 5.74) is 4.23. The molecule has 0 spiro atoms. The summed E-state index contributed by atoms with van der Waals surface area (Å²) in [5, 5.41) is 0. The van der Waals surface area contributed by atoms with Gasteiger partial charge in [-0.1, -0.05) is 19.1 Å². The van der Waals surface area contributed by atoms with Crippen LogP contribution in [0.15, 0.2) is 24.3 Å². The van der Waals surface area contributed by atoms with Gasteiger partial charge in [0.05, 0.1) is 0 Å². The lowest BCUT2D eigenvalue weighted by Crippen LogP contribution is -2.34. The zero-order valence-corrected chi connectivity index (χ0v) is 15.7. The number of allylic oxidation sites excluding steroid dienone is 2. The highest BCUT2D eigenvalue weighted by atomic mass is 16.5. The predicted octanol–water partition coefficient (Wildman–Crippen LogP) is 4.31. The van der Waals surface area contributed by atoms with Gasteiger partial charge in [-0.15, -0.1) is 0 Å². The summed E-state index contributed by atoms with van der Waals surface area (Å²) < 4.78 is 10.8. The van der Waals surface area contributed by atoms with Gasteiger partial charge in [-0.3, -0.25) is 9.59 Å². The van der Waals surface area contributed by atoms with E-state index < -0.39 is 0 Å². The van der Waals surface area contributed by atoms with Gasteiger partial charge in [-0.2, -0.15) is 0 Å². The summed E-state index contributed by atoms with van der Waals surface area (Å²) in [6, 6.07) is 6.01. The second kappa shape index (κ2) is 6.26. The molecule has 0 aliphatic heterocycles. The predicted molar refractivity (Wildman–Crippen MR) is 98.5 cm³/mol. The van der Waals surface area contributed by atoms with Crippen LogP contribution in [0.5, 0.6) is 5.75 Å². The molecule has 1 aromatic carbocycles. The minimum Gasteiger partial charge on any atom is -0.463 e. The Balaban J connectivity index is 1.61. The molecule has 0 bridgehead atoms. The smallest absolute Gasteiger partial charge is 0.308 e. The molecule has 26 heavy (non-hydrogen) atoms. The van der Waals surface area contributed by atoms with E-state index in [-0.39, 0.29) is 23.5 Å². The first-order chi connectivity index (χ1) is 12.4. The fraction of sp³-hybridized carbons (Fsp3) is 0.545. The van der Waals surface area contributed by atoms with Crippen molar-refractivity contribution in [3.63, 3.8) is 0 Å². The number of fused-ring (bicyclic) bond motifs is 5. The van der Waals surface area contributed by atoms with E-state index >= 15 is 0 Å². The van der Waals surface area contributed by atoms with Gasteiger partial charge < -0.3 is 9.47 Å². The Morgan fingerprint density at radius 2 is 2.00 bits per heavy atom. The molecule has 0 unspecified atom stereocenters. The van der Waals surface area contributed by atoms with Crippen LogP contribution >= 0.6 is 0 Å². The van der Waals surface area contributed by atoms with Gasteiger partial charge in [0.25, 0.3) is 0 Å². The number of ether oxygens (including phenoxy) is 2. The summed E-state index contributed by atoms with van der Waals surface area (Å²) in [6.45, 7) is 5.29. The third kappa shape index (κ3) is 2.95. The third-order valence-electron chi connectivity index (χ3n) is 6.49. The summed E-state index contributed by atoms with van der Waals surface area (Å²) in [5.74, 6) is 1.27. The minimum atomic E-state index is -0.284. The van der Waals surface area contributed by atoms with E-state index in [0.717, 1.165) is 32.1 Å². The number of carbonyl (C=O) groups excluding carboxylic acids is 2. The van der Waals surface area contributed by atoms with Crippen LogP contribution in [0.1, 0.15) is 57.6 Å². The molecule has 3 aliphatic carbocycles. The molecule has 4 atom stereocenters. The van der Waals surface area contributed by atoms with Crippen molar-refractivity contribution >= 4 is 17.5 Å². The Hall–Kier alpha value is -2.10. The number of aryl methyl sites for hydroxylation is 1. The molecule has 1 fully saturated rings. The Bertz CT molecular complexity index is 793. The fourth-order valence-electron chi connectivity index (χ4n) is 5.51. The highest BCUT2D eigenvalue weighted by Crippen LogP contribution is 2.59. The summed E-state index contributed by atoms with van der Waals surface area (Å²) in [4.78, 5) is 22.6. The van der Waals surface area contributed by atoms with Gasteiger partial charge in [-0.05, 0) is 78.2 Å². The summed E-state index contributed by atoms with van der Waals surface area (Å²) in [7, 11) is 0. The van der Waals surface area contributed by atoms with Crippen LogP contribution in [0.4, 0.5) is 0 Å². The molecule has 0 N–H and O–H groups in total. The first-order valence-corrected chi connectivity index (χ1v) is 9.55. The van der Waals surface area contributed by atoms with E-state index in [1.165, 1.54) is 30.5 Å². The molecule has 0 aromatic heterocycles. The van der Waals surface area contributed by atoms with Gasteiger partial charge in [0.15, 0.2) is 0 Å². The SMILES string of the molecule is CC(=O)Oc1ccc2c(c1)CC[C@@H]1C2=CC[C@]2(C)C[C@H](OC(C)=O)C[C@@H]12. The lowest BCUT2D eigenvalue weighted by atomic mass is 9.60. The Labute approximate surface area is 154 Å². The first-order valence-electron chi connectivity index (χ1n) is 9.55. The number of carbonyl (C=O) groups is 2. The number of rotatable bonds is 2. The van der Waals surface area contributed by atoms with Crippen molar-refractivity contribution in [1.29, 1.82) is 0 Å². The van der Waals surface area contributed by atoms with E-state index in [1.807, 2.05) is 12.1 Å². The molecule has 3 aliphatic rings. The average molecular weight is 354 g/mol. The van der Waals surface area contributed by atoms with Crippen LogP contribution in [-0.2, 0) is 20.7 Å². The third-order valence-corrected chi connectivity index (χ3v) is 6.49. The highest BCUT2D eigenvalue weighted by molar-refractivity contribution is 5.75. The highest BCUT2D eigenvalue weighted by Gasteiger charge is 2.51. The van der Waals surface area contributed by atoms with E-state index in [2.05, 4.69) is 19.1 Å². The molecular formula is C22H26O4. The molecule has 1 saturated carbocycles. The van der Waals surface area contributed by atoms with E-state index in [9.17, 15) is 9.59 Å². The maximum Gasteiger partial charge on any atom is 0.308 e. The van der Waals surface area contributed by atoms with Crippen molar-refractivity contribution in [2.75, 3.05) is 0 Å². The molecule has 138 valence electrons. The van der Waals surface area contributed by atoms with Crippen molar-refractivity contribution < 1.29 is 19.1 Å². The maximum atomic E-state index is 11.4. The van der Waals surface area contributed by atoms with E-state index in [1.54, 1.807) is 0 Å². The van der Waals surface area contributed by atoms with Gasteiger partial charge >= 0.3 is 11.9 Å². The van der Waals surface area contributed by atoms with Crippen LogP contribution in [0.2, 0.25) is 0 Å². The lowest BCUT2D eigenvalue weighted by molar-refractivity contribution is -0.146. The number of hydrogen-bond donors (Lipinski definition) is 0. The second-order valence-corrected chi connectivity index (χ2v) is 8.35. The molecule has 0 heterocycles. The molecule has 0 saturated heterocycles. The zero-order valence-electron chi connectivity index (χ0n) is 15.7. The standard InChI is InChI=1S/C22H26O4/c1-13(23)25-16-5-7-18-15(10-16)4-6-20-19(18)8-9-22(3)12-17(11-21(20)22)26-14(2)24/h5,7-8,10,17,20-21H,4,6,9,11-12H2,1-3H3/t17-,20-,21+,22-/m1/s1. The number of hydrogen-bond acceptors (Lipinski definition) is 4. The minimum absolute atomic E-state index is 0.0583. The molecule has 1 aromatic rings. The van der Waals surface area contributed by atoms with Crippen molar-refractivity contribution in [2.45, 2.75) is 59.0 Å². The Morgan fingerprint density at radius 3 is 2.73 bits per heavy atom. The normalized spacial score (nSPS) is 32.0. The number of esters is 2. The van der Waals surface area contributed by atoms with Crippen molar-refractivity contribution in [2.24, 2.45) is 17.3 Å². The largest absolute Gasteiger partial charge is 0.463 e. The molecule has 0 amide bonds. The summed E-state index contributed by atoms with van der Waals surface area (Å²) in [6.07, 6.45) is 7.54. The molecule has 0 radical (unpaired) electrons. The van der Waals surface area contributed by atoms with E-state index in [4.69, 9.17) is 9.47 Å². The van der Waals surface area contributed by atoms with Crippen LogP contribution < -0.4 is 4.74 Å². The second-order valence-electron chi connectivity index (χ2n) is 8.35. The topological polar surface area (TPSA) is 52.6 Å². The van der Waals surface area contributed by atoms with Gasteiger partial charge in [0.2, 0.25) is 0 Å². The zero-order chi connectivity index (χ0) is 18.5.